The van der Waals surface area contributed by atoms with E-state index in [1.54, 1.807) is 49.2 Å². The van der Waals surface area contributed by atoms with Gasteiger partial charge in [-0.25, -0.2) is 0 Å². The van der Waals surface area contributed by atoms with Gasteiger partial charge < -0.3 is 14.8 Å². The Morgan fingerprint density at radius 2 is 1.81 bits per heavy atom. The number of rotatable bonds is 8. The maximum absolute atomic E-state index is 12.9. The summed E-state index contributed by atoms with van der Waals surface area (Å²) in [7, 11) is 1.56. The molecular formula is C29H22N2O5S. The second kappa shape index (κ2) is 10.6. The van der Waals surface area contributed by atoms with Gasteiger partial charge in [0.25, 0.3) is 5.69 Å². The lowest BCUT2D eigenvalue weighted by Crippen LogP contribution is -2.02. The van der Waals surface area contributed by atoms with E-state index in [9.17, 15) is 14.9 Å². The highest BCUT2D eigenvalue weighted by molar-refractivity contribution is 7.99. The van der Waals surface area contributed by atoms with E-state index in [0.29, 0.717) is 17.1 Å². The van der Waals surface area contributed by atoms with Crippen molar-refractivity contribution in [2.75, 3.05) is 12.4 Å². The summed E-state index contributed by atoms with van der Waals surface area (Å²) in [6, 6.07) is 25.3. The van der Waals surface area contributed by atoms with Crippen molar-refractivity contribution in [3.63, 3.8) is 0 Å². The third-order valence-corrected chi connectivity index (χ3v) is 6.95. The Kier molecular flexibility index (Phi) is 6.91. The van der Waals surface area contributed by atoms with E-state index in [1.165, 1.54) is 12.1 Å². The summed E-state index contributed by atoms with van der Waals surface area (Å²) < 4.78 is 11.2. The fraction of sp³-hybridized carbons (Fsp3) is 0.0690. The monoisotopic (exact) mass is 510 g/mol. The van der Waals surface area contributed by atoms with Crippen molar-refractivity contribution in [3.8, 4) is 11.5 Å². The summed E-state index contributed by atoms with van der Waals surface area (Å²) in [6.45, 7) is 0.148. The van der Waals surface area contributed by atoms with Crippen LogP contribution in [0.5, 0.6) is 11.5 Å². The topological polar surface area (TPSA) is 90.7 Å². The third-order valence-electron chi connectivity index (χ3n) is 5.79. The maximum Gasteiger partial charge on any atom is 0.273 e. The molecule has 1 N–H and O–H groups in total. The van der Waals surface area contributed by atoms with Crippen LogP contribution in [-0.4, -0.2) is 17.8 Å². The maximum atomic E-state index is 12.9. The van der Waals surface area contributed by atoms with Gasteiger partial charge in [-0.15, -0.1) is 0 Å². The molecule has 0 aliphatic carbocycles. The van der Waals surface area contributed by atoms with Crippen LogP contribution in [0, 0.1) is 10.1 Å². The summed E-state index contributed by atoms with van der Waals surface area (Å²) >= 11 is 1.67. The predicted octanol–water partition coefficient (Wildman–Crippen LogP) is 7.29. The highest BCUT2D eigenvalue weighted by Gasteiger charge is 2.16. The number of ketones is 1. The quantitative estimate of drug-likeness (QED) is 0.101. The van der Waals surface area contributed by atoms with E-state index in [-0.39, 0.29) is 18.1 Å². The SMILES string of the molecule is COc1ccc(/C=C/C(=O)c2ccc3c(c2)Nc2ccccc2S3)cc1COc1cccc([N+](=O)[O-])c1. The number of nitro benzene ring substituents is 1. The number of carbonyl (C=O) groups is 1. The Morgan fingerprint density at radius 1 is 0.973 bits per heavy atom. The molecule has 7 nitrogen and oxygen atoms in total. The van der Waals surface area contributed by atoms with Gasteiger partial charge in [0.15, 0.2) is 5.78 Å². The number of hydrogen-bond acceptors (Lipinski definition) is 7. The van der Waals surface area contributed by atoms with Crippen LogP contribution in [-0.2, 0) is 6.61 Å². The van der Waals surface area contributed by atoms with Crippen LogP contribution in [0.1, 0.15) is 21.5 Å². The minimum atomic E-state index is -0.466. The number of nitro groups is 1. The third kappa shape index (κ3) is 5.49. The predicted molar refractivity (Wildman–Crippen MR) is 144 cm³/mol. The molecule has 4 aromatic carbocycles. The Balaban J connectivity index is 1.30. The number of methoxy groups -OCH3 is 1. The number of allylic oxidation sites excluding steroid dienone is 1. The van der Waals surface area contributed by atoms with E-state index < -0.39 is 4.92 Å². The molecule has 5 rings (SSSR count). The summed E-state index contributed by atoms with van der Waals surface area (Å²) in [6.07, 6.45) is 3.29. The van der Waals surface area contributed by atoms with Crippen LogP contribution >= 0.6 is 11.8 Å². The first-order chi connectivity index (χ1) is 18.0. The fourth-order valence-corrected chi connectivity index (χ4v) is 4.89. The van der Waals surface area contributed by atoms with Crippen LogP contribution in [0.15, 0.2) is 101 Å². The summed E-state index contributed by atoms with van der Waals surface area (Å²) in [4.78, 5) is 25.7. The minimum Gasteiger partial charge on any atom is -0.496 e. The molecule has 4 aromatic rings. The molecule has 37 heavy (non-hydrogen) atoms. The standard InChI is InChI=1S/C29H22N2O5S/c1-35-27-13-10-19(15-21(27)18-36-23-6-4-5-22(17-23)31(33)34)9-12-26(32)20-11-14-29-25(16-20)30-24-7-2-3-8-28(24)37-29/h2-17,30H,18H2,1H3/b12-9+. The molecule has 0 spiro atoms. The van der Waals surface area contributed by atoms with Gasteiger partial charge in [0.05, 0.1) is 29.5 Å². The van der Waals surface area contributed by atoms with Crippen molar-refractivity contribution in [2.45, 2.75) is 16.4 Å². The van der Waals surface area contributed by atoms with Crippen LogP contribution in [0.4, 0.5) is 17.1 Å². The number of hydrogen-bond donors (Lipinski definition) is 1. The number of ether oxygens (including phenoxy) is 2. The molecule has 0 amide bonds. The molecule has 8 heteroatoms. The number of benzene rings is 4. The highest BCUT2D eigenvalue weighted by Crippen LogP contribution is 2.44. The van der Waals surface area contributed by atoms with E-state index >= 15 is 0 Å². The average Bonchev–Trinajstić information content (AvgIpc) is 2.93. The van der Waals surface area contributed by atoms with E-state index in [0.717, 1.165) is 32.3 Å². The van der Waals surface area contributed by atoms with Gasteiger partial charge in [-0.3, -0.25) is 14.9 Å². The van der Waals surface area contributed by atoms with Gasteiger partial charge in [-0.2, -0.15) is 0 Å². The van der Waals surface area contributed by atoms with Crippen molar-refractivity contribution in [1.29, 1.82) is 0 Å². The first kappa shape index (κ1) is 24.1. The number of nitrogens with zero attached hydrogens (tertiary/aromatic N) is 1. The zero-order valence-corrected chi connectivity index (χ0v) is 20.7. The lowest BCUT2D eigenvalue weighted by atomic mass is 10.1. The molecule has 1 heterocycles. The molecular weight excluding hydrogens is 488 g/mol. The zero-order valence-electron chi connectivity index (χ0n) is 19.8. The second-order valence-corrected chi connectivity index (χ2v) is 9.33. The van der Waals surface area contributed by atoms with Crippen molar-refractivity contribution < 1.29 is 19.2 Å². The van der Waals surface area contributed by atoms with Crippen molar-refractivity contribution in [1.82, 2.24) is 0 Å². The summed E-state index contributed by atoms with van der Waals surface area (Å²) in [5, 5.41) is 14.4. The number of non-ortho nitro benzene ring substituents is 1. The molecule has 1 aliphatic rings. The average molecular weight is 511 g/mol. The molecule has 0 saturated heterocycles. The van der Waals surface area contributed by atoms with Crippen LogP contribution in [0.3, 0.4) is 0 Å². The molecule has 0 atom stereocenters. The van der Waals surface area contributed by atoms with E-state index in [2.05, 4.69) is 11.4 Å². The highest BCUT2D eigenvalue weighted by atomic mass is 32.2. The van der Waals surface area contributed by atoms with Crippen LogP contribution < -0.4 is 14.8 Å². The summed E-state index contributed by atoms with van der Waals surface area (Å²) in [5.41, 5.74) is 4.03. The molecule has 0 aromatic heterocycles. The lowest BCUT2D eigenvalue weighted by Gasteiger charge is -2.20. The van der Waals surface area contributed by atoms with Gasteiger partial charge in [0, 0.05) is 27.0 Å². The zero-order chi connectivity index (χ0) is 25.8. The number of carbonyl (C=O) groups excluding carboxylic acids is 1. The normalized spacial score (nSPS) is 11.8. The largest absolute Gasteiger partial charge is 0.496 e. The van der Waals surface area contributed by atoms with Crippen molar-refractivity contribution in [2.24, 2.45) is 0 Å². The Bertz CT molecular complexity index is 1530. The van der Waals surface area contributed by atoms with Crippen LogP contribution in [0.2, 0.25) is 0 Å². The molecule has 0 radical (unpaired) electrons. The molecule has 0 bridgehead atoms. The first-order valence-electron chi connectivity index (χ1n) is 11.4. The van der Waals surface area contributed by atoms with Gasteiger partial charge >= 0.3 is 0 Å². The molecule has 0 unspecified atom stereocenters. The van der Waals surface area contributed by atoms with Crippen LogP contribution in [0.25, 0.3) is 6.08 Å². The molecule has 1 aliphatic heterocycles. The minimum absolute atomic E-state index is 0.0418. The fourth-order valence-electron chi connectivity index (χ4n) is 3.92. The second-order valence-electron chi connectivity index (χ2n) is 8.25. The Labute approximate surface area is 217 Å². The summed E-state index contributed by atoms with van der Waals surface area (Å²) in [5.74, 6) is 0.889. The van der Waals surface area contributed by atoms with Gasteiger partial charge in [-0.1, -0.05) is 42.1 Å². The molecule has 0 fully saturated rings. The number of anilines is 2. The van der Waals surface area contributed by atoms with Gasteiger partial charge in [0.1, 0.15) is 18.1 Å². The van der Waals surface area contributed by atoms with Crippen molar-refractivity contribution in [3.05, 3.63) is 118 Å². The van der Waals surface area contributed by atoms with E-state index in [4.69, 9.17) is 9.47 Å². The Hall–Kier alpha value is -4.56. The van der Waals surface area contributed by atoms with Crippen molar-refractivity contribution >= 4 is 40.7 Å². The molecule has 0 saturated carbocycles. The lowest BCUT2D eigenvalue weighted by molar-refractivity contribution is -0.384. The Morgan fingerprint density at radius 3 is 2.65 bits per heavy atom. The first-order valence-corrected chi connectivity index (χ1v) is 12.3. The van der Waals surface area contributed by atoms with Gasteiger partial charge in [0.2, 0.25) is 0 Å². The number of nitrogens with one attached hydrogen (secondary N) is 1. The number of fused-ring (bicyclic) bond motifs is 2. The number of para-hydroxylation sites is 1. The smallest absolute Gasteiger partial charge is 0.273 e. The molecule has 184 valence electrons. The van der Waals surface area contributed by atoms with Gasteiger partial charge in [-0.05, 0) is 60.2 Å². The van der Waals surface area contributed by atoms with E-state index in [1.807, 2.05) is 48.5 Å².